The summed E-state index contributed by atoms with van der Waals surface area (Å²) in [6, 6.07) is 3.93. The van der Waals surface area contributed by atoms with Gasteiger partial charge in [0, 0.05) is 13.1 Å². The van der Waals surface area contributed by atoms with Crippen LogP contribution in [0.2, 0.25) is 0 Å². The van der Waals surface area contributed by atoms with E-state index in [1.54, 1.807) is 4.90 Å². The molecule has 0 aliphatic carbocycles. The summed E-state index contributed by atoms with van der Waals surface area (Å²) < 4.78 is 18.1. The molecule has 134 valence electrons. The third-order valence-electron chi connectivity index (χ3n) is 4.44. The number of hydrogen-bond acceptors (Lipinski definition) is 4. The van der Waals surface area contributed by atoms with E-state index in [9.17, 15) is 18.8 Å². The molecule has 0 spiro atoms. The first-order valence-electron chi connectivity index (χ1n) is 8.32. The van der Waals surface area contributed by atoms with Crippen molar-refractivity contribution >= 4 is 17.9 Å². The molecular weight excluding hydrogens is 329 g/mol. The molecule has 2 atom stereocenters. The van der Waals surface area contributed by atoms with Crippen LogP contribution in [-0.4, -0.2) is 59.4 Å². The monoisotopic (exact) mass is 349 g/mol. The molecular formula is C17H20FN3O4. The summed E-state index contributed by atoms with van der Waals surface area (Å²) in [6.45, 7) is 2.61. The second-order valence-electron chi connectivity index (χ2n) is 6.17. The maximum Gasteiger partial charge on any atom is 0.415 e. The van der Waals surface area contributed by atoms with Gasteiger partial charge in [-0.05, 0) is 30.7 Å². The lowest BCUT2D eigenvalue weighted by Crippen LogP contribution is -2.69. The standard InChI is InChI=1S/C17H20FN3O4/c1-2-3-13-16(23)21-9-8-20(10-14(21)15(22)19-13)17(24)25-12-6-4-11(18)5-7-12/h4-7,13-14H,2-3,8-10H2,1H3,(H,19,22)/t13-,14+/m0/s1. The molecule has 2 heterocycles. The number of ether oxygens (including phenoxy) is 1. The molecule has 1 N–H and O–H groups in total. The van der Waals surface area contributed by atoms with Gasteiger partial charge in [0.15, 0.2) is 0 Å². The van der Waals surface area contributed by atoms with Crippen molar-refractivity contribution in [1.82, 2.24) is 15.1 Å². The number of fused-ring (bicyclic) bond motifs is 1. The number of rotatable bonds is 3. The Morgan fingerprint density at radius 1 is 1.28 bits per heavy atom. The lowest BCUT2D eigenvalue weighted by atomic mass is 10.0. The van der Waals surface area contributed by atoms with Gasteiger partial charge in [-0.1, -0.05) is 13.3 Å². The number of nitrogens with one attached hydrogen (secondary N) is 1. The predicted octanol–water partition coefficient (Wildman–Crippen LogP) is 1.14. The van der Waals surface area contributed by atoms with Gasteiger partial charge in [0.2, 0.25) is 11.8 Å². The molecule has 0 unspecified atom stereocenters. The van der Waals surface area contributed by atoms with E-state index in [4.69, 9.17) is 4.74 Å². The first kappa shape index (κ1) is 17.2. The Kier molecular flexibility index (Phi) is 4.87. The molecule has 0 bridgehead atoms. The minimum absolute atomic E-state index is 0.0798. The van der Waals surface area contributed by atoms with E-state index in [1.807, 2.05) is 6.92 Å². The number of halogens is 1. The van der Waals surface area contributed by atoms with Gasteiger partial charge in [0.1, 0.15) is 23.7 Å². The van der Waals surface area contributed by atoms with Crippen LogP contribution in [0.1, 0.15) is 19.8 Å². The Labute approximate surface area is 144 Å². The molecule has 3 rings (SSSR count). The van der Waals surface area contributed by atoms with E-state index in [2.05, 4.69) is 5.32 Å². The lowest BCUT2D eigenvalue weighted by Gasteiger charge is -2.44. The van der Waals surface area contributed by atoms with Crippen molar-refractivity contribution in [3.05, 3.63) is 30.1 Å². The Morgan fingerprint density at radius 2 is 2.00 bits per heavy atom. The molecule has 0 saturated carbocycles. The van der Waals surface area contributed by atoms with Crippen molar-refractivity contribution in [3.8, 4) is 5.75 Å². The molecule has 0 aromatic heterocycles. The third-order valence-corrected chi connectivity index (χ3v) is 4.44. The smallest absolute Gasteiger partial charge is 0.410 e. The van der Waals surface area contributed by atoms with Gasteiger partial charge >= 0.3 is 6.09 Å². The first-order valence-corrected chi connectivity index (χ1v) is 8.32. The number of carbonyl (C=O) groups excluding carboxylic acids is 3. The largest absolute Gasteiger partial charge is 0.415 e. The molecule has 1 aromatic rings. The van der Waals surface area contributed by atoms with Crippen molar-refractivity contribution in [3.63, 3.8) is 0 Å². The molecule has 2 saturated heterocycles. The molecule has 0 radical (unpaired) electrons. The zero-order chi connectivity index (χ0) is 18.0. The number of amides is 3. The van der Waals surface area contributed by atoms with Crippen LogP contribution in [0, 0.1) is 5.82 Å². The molecule has 2 aliphatic heterocycles. The Bertz CT molecular complexity index is 679. The molecule has 3 amide bonds. The third kappa shape index (κ3) is 3.57. The number of nitrogens with zero attached hydrogens (tertiary/aromatic N) is 2. The molecule has 1 aromatic carbocycles. The fourth-order valence-corrected chi connectivity index (χ4v) is 3.12. The molecule has 2 fully saturated rings. The summed E-state index contributed by atoms with van der Waals surface area (Å²) >= 11 is 0. The van der Waals surface area contributed by atoms with E-state index in [0.29, 0.717) is 6.42 Å². The van der Waals surface area contributed by atoms with Crippen LogP contribution in [0.3, 0.4) is 0 Å². The summed E-state index contributed by atoms with van der Waals surface area (Å²) in [4.78, 5) is 39.9. The highest BCUT2D eigenvalue weighted by Crippen LogP contribution is 2.20. The fraction of sp³-hybridized carbons (Fsp3) is 0.471. The van der Waals surface area contributed by atoms with Crippen molar-refractivity contribution in [2.24, 2.45) is 0 Å². The van der Waals surface area contributed by atoms with Crippen LogP contribution in [0.25, 0.3) is 0 Å². The van der Waals surface area contributed by atoms with E-state index in [0.717, 1.165) is 6.42 Å². The topological polar surface area (TPSA) is 79.0 Å². The number of benzene rings is 1. The Balaban J connectivity index is 1.64. The summed E-state index contributed by atoms with van der Waals surface area (Å²) in [5.74, 6) is -0.552. The number of carbonyl (C=O) groups is 3. The zero-order valence-electron chi connectivity index (χ0n) is 13.9. The van der Waals surface area contributed by atoms with Crippen LogP contribution in [0.4, 0.5) is 9.18 Å². The van der Waals surface area contributed by atoms with Crippen LogP contribution >= 0.6 is 0 Å². The maximum absolute atomic E-state index is 12.9. The number of piperazine rings is 2. The van der Waals surface area contributed by atoms with Gasteiger partial charge < -0.3 is 19.9 Å². The van der Waals surface area contributed by atoms with Crippen molar-refractivity contribution < 1.29 is 23.5 Å². The lowest BCUT2D eigenvalue weighted by molar-refractivity contribution is -0.152. The van der Waals surface area contributed by atoms with Crippen molar-refractivity contribution in [2.45, 2.75) is 31.8 Å². The molecule has 25 heavy (non-hydrogen) atoms. The summed E-state index contributed by atoms with van der Waals surface area (Å²) in [6.07, 6.45) is 0.775. The summed E-state index contributed by atoms with van der Waals surface area (Å²) in [7, 11) is 0. The van der Waals surface area contributed by atoms with Crippen molar-refractivity contribution in [2.75, 3.05) is 19.6 Å². The van der Waals surface area contributed by atoms with Crippen molar-refractivity contribution in [1.29, 1.82) is 0 Å². The minimum Gasteiger partial charge on any atom is -0.410 e. The second kappa shape index (κ2) is 7.08. The SMILES string of the molecule is CCC[C@@H]1NC(=O)[C@H]2CN(C(=O)Oc3ccc(F)cc3)CCN2C1=O. The molecule has 8 heteroatoms. The van der Waals surface area contributed by atoms with Gasteiger partial charge in [-0.3, -0.25) is 9.59 Å². The quantitative estimate of drug-likeness (QED) is 0.887. The van der Waals surface area contributed by atoms with Gasteiger partial charge in [-0.25, -0.2) is 9.18 Å². The van der Waals surface area contributed by atoms with Gasteiger partial charge in [-0.2, -0.15) is 0 Å². The van der Waals surface area contributed by atoms with Gasteiger partial charge in [-0.15, -0.1) is 0 Å². The summed E-state index contributed by atoms with van der Waals surface area (Å²) in [5.41, 5.74) is 0. The highest BCUT2D eigenvalue weighted by molar-refractivity contribution is 5.97. The summed E-state index contributed by atoms with van der Waals surface area (Å²) in [5, 5.41) is 2.73. The van der Waals surface area contributed by atoms with Crippen LogP contribution in [0.5, 0.6) is 5.75 Å². The first-order chi connectivity index (χ1) is 12.0. The van der Waals surface area contributed by atoms with E-state index in [-0.39, 0.29) is 37.2 Å². The second-order valence-corrected chi connectivity index (χ2v) is 6.17. The zero-order valence-corrected chi connectivity index (χ0v) is 13.9. The Morgan fingerprint density at radius 3 is 2.68 bits per heavy atom. The minimum atomic E-state index is -0.699. The van der Waals surface area contributed by atoms with Crippen LogP contribution in [-0.2, 0) is 9.59 Å². The molecule has 7 nitrogen and oxygen atoms in total. The van der Waals surface area contributed by atoms with Crippen LogP contribution < -0.4 is 10.1 Å². The van der Waals surface area contributed by atoms with Gasteiger partial charge in [0.25, 0.3) is 0 Å². The average molecular weight is 349 g/mol. The highest BCUT2D eigenvalue weighted by atomic mass is 19.1. The fourth-order valence-electron chi connectivity index (χ4n) is 3.12. The maximum atomic E-state index is 12.9. The highest BCUT2D eigenvalue weighted by Gasteiger charge is 2.44. The van der Waals surface area contributed by atoms with Crippen LogP contribution in [0.15, 0.2) is 24.3 Å². The number of hydrogen-bond donors (Lipinski definition) is 1. The Hall–Kier alpha value is -2.64. The van der Waals surface area contributed by atoms with E-state index in [1.165, 1.54) is 29.2 Å². The predicted molar refractivity (Wildman–Crippen MR) is 86.3 cm³/mol. The van der Waals surface area contributed by atoms with Gasteiger partial charge in [0.05, 0.1) is 6.54 Å². The van der Waals surface area contributed by atoms with E-state index < -0.39 is 24.0 Å². The normalized spacial score (nSPS) is 23.1. The molecule has 2 aliphatic rings. The average Bonchev–Trinajstić information content (AvgIpc) is 2.61. The van der Waals surface area contributed by atoms with E-state index >= 15 is 0 Å².